The molecule has 0 spiro atoms. The van der Waals surface area contributed by atoms with Crippen LogP contribution in [0.5, 0.6) is 0 Å². The van der Waals surface area contributed by atoms with Crippen molar-refractivity contribution in [1.82, 2.24) is 4.31 Å². The molecule has 0 saturated carbocycles. The number of amides is 1. The lowest BCUT2D eigenvalue weighted by Gasteiger charge is -2.35. The van der Waals surface area contributed by atoms with E-state index < -0.39 is 15.9 Å². The van der Waals surface area contributed by atoms with Gasteiger partial charge in [0.25, 0.3) is 5.91 Å². The third-order valence-electron chi connectivity index (χ3n) is 5.09. The summed E-state index contributed by atoms with van der Waals surface area (Å²) in [7, 11) is -3.74. The van der Waals surface area contributed by atoms with Crippen LogP contribution in [0.2, 0.25) is 0 Å². The Kier molecular flexibility index (Phi) is 5.90. The number of para-hydroxylation sites is 1. The number of nitrogens with zero attached hydrogens (tertiary/aromatic N) is 2. The lowest BCUT2D eigenvalue weighted by atomic mass is 10.2. The monoisotopic (exact) mass is 441 g/mol. The Morgan fingerprint density at radius 3 is 2.40 bits per heavy atom. The van der Waals surface area contributed by atoms with Gasteiger partial charge in [-0.15, -0.1) is 11.3 Å². The van der Waals surface area contributed by atoms with Gasteiger partial charge in [-0.05, 0) is 48.2 Å². The van der Waals surface area contributed by atoms with Gasteiger partial charge >= 0.3 is 0 Å². The zero-order valence-electron chi connectivity index (χ0n) is 16.6. The highest BCUT2D eigenvalue weighted by molar-refractivity contribution is 7.89. The molecule has 30 heavy (non-hydrogen) atoms. The van der Waals surface area contributed by atoms with Crippen LogP contribution in [0.25, 0.3) is 0 Å². The Balaban J connectivity index is 1.49. The molecule has 1 fully saturated rings. The van der Waals surface area contributed by atoms with E-state index in [2.05, 4.69) is 16.3 Å². The van der Waals surface area contributed by atoms with Crippen LogP contribution < -0.4 is 10.2 Å². The fourth-order valence-corrected chi connectivity index (χ4v) is 6.24. The van der Waals surface area contributed by atoms with Gasteiger partial charge in [0.1, 0.15) is 9.77 Å². The summed E-state index contributed by atoms with van der Waals surface area (Å²) in [5.74, 6) is -0.409. The zero-order chi connectivity index (χ0) is 21.1. The maximum atomic E-state index is 13.3. The number of carbonyl (C=O) groups excluding carboxylic acids is 1. The summed E-state index contributed by atoms with van der Waals surface area (Å²) >= 11 is 1.14. The van der Waals surface area contributed by atoms with Crippen LogP contribution in [0.1, 0.15) is 15.2 Å². The summed E-state index contributed by atoms with van der Waals surface area (Å²) in [6, 6.07) is 18.7. The Hall–Kier alpha value is -2.68. The van der Waals surface area contributed by atoms with E-state index >= 15 is 0 Å². The molecule has 2 aromatic carbocycles. The molecule has 2 heterocycles. The topological polar surface area (TPSA) is 69.7 Å². The Morgan fingerprint density at radius 1 is 0.967 bits per heavy atom. The molecule has 1 N–H and O–H groups in total. The Morgan fingerprint density at radius 2 is 1.70 bits per heavy atom. The second kappa shape index (κ2) is 8.59. The highest BCUT2D eigenvalue weighted by Crippen LogP contribution is 2.28. The van der Waals surface area contributed by atoms with Crippen molar-refractivity contribution >= 4 is 38.6 Å². The molecule has 4 rings (SSSR count). The third-order valence-corrected chi connectivity index (χ3v) is 8.07. The van der Waals surface area contributed by atoms with Gasteiger partial charge in [-0.1, -0.05) is 30.3 Å². The number of sulfonamides is 1. The molecule has 156 valence electrons. The van der Waals surface area contributed by atoms with Crippen LogP contribution in [-0.4, -0.2) is 44.8 Å². The lowest BCUT2D eigenvalue weighted by Crippen LogP contribution is -2.48. The normalized spacial score (nSPS) is 15.2. The van der Waals surface area contributed by atoms with Crippen LogP contribution >= 0.6 is 11.3 Å². The van der Waals surface area contributed by atoms with E-state index in [1.165, 1.54) is 15.9 Å². The molecular formula is C22H23N3O3S2. The second-order valence-electron chi connectivity index (χ2n) is 7.16. The predicted molar refractivity (Wildman–Crippen MR) is 121 cm³/mol. The van der Waals surface area contributed by atoms with Crippen LogP contribution in [0, 0.1) is 6.92 Å². The second-order valence-corrected chi connectivity index (χ2v) is 9.99. The van der Waals surface area contributed by atoms with Gasteiger partial charge in [-0.2, -0.15) is 4.31 Å². The molecule has 1 aromatic heterocycles. The van der Waals surface area contributed by atoms with Crippen molar-refractivity contribution < 1.29 is 13.2 Å². The molecule has 1 saturated heterocycles. The number of rotatable bonds is 5. The highest BCUT2D eigenvalue weighted by Gasteiger charge is 2.32. The number of hydrogen-bond donors (Lipinski definition) is 1. The molecule has 1 amide bonds. The van der Waals surface area contributed by atoms with Gasteiger partial charge in [-0.25, -0.2) is 8.42 Å². The van der Waals surface area contributed by atoms with Crippen molar-refractivity contribution in [2.45, 2.75) is 11.8 Å². The molecule has 8 heteroatoms. The van der Waals surface area contributed by atoms with Gasteiger partial charge in [0.2, 0.25) is 10.0 Å². The summed E-state index contributed by atoms with van der Waals surface area (Å²) in [4.78, 5) is 15.2. The number of thiophene rings is 1. The Bertz CT molecular complexity index is 1140. The van der Waals surface area contributed by atoms with E-state index in [-0.39, 0.29) is 9.77 Å². The van der Waals surface area contributed by atoms with Crippen LogP contribution in [0.4, 0.5) is 11.4 Å². The number of benzene rings is 2. The number of carbonyl (C=O) groups is 1. The molecule has 6 nitrogen and oxygen atoms in total. The van der Waals surface area contributed by atoms with E-state index in [9.17, 15) is 13.2 Å². The molecule has 0 aliphatic carbocycles. The fourth-order valence-electron chi connectivity index (χ4n) is 3.53. The lowest BCUT2D eigenvalue weighted by molar-refractivity contribution is 0.102. The van der Waals surface area contributed by atoms with Crippen molar-refractivity contribution in [2.24, 2.45) is 0 Å². The van der Waals surface area contributed by atoms with Gasteiger partial charge < -0.3 is 10.2 Å². The quantitative estimate of drug-likeness (QED) is 0.654. The fraction of sp³-hybridized carbons (Fsp3) is 0.227. The third kappa shape index (κ3) is 4.26. The van der Waals surface area contributed by atoms with Crippen molar-refractivity contribution in [2.75, 3.05) is 36.4 Å². The average Bonchev–Trinajstić information content (AvgIpc) is 3.26. The first-order valence-corrected chi connectivity index (χ1v) is 12.0. The SMILES string of the molecule is Cc1cccc(N2CCN(S(=O)(=O)c3ccsc3C(=O)Nc3ccccc3)CC2)c1. The summed E-state index contributed by atoms with van der Waals surface area (Å²) in [5, 5.41) is 4.42. The van der Waals surface area contributed by atoms with E-state index in [4.69, 9.17) is 0 Å². The molecule has 3 aromatic rings. The summed E-state index contributed by atoms with van der Waals surface area (Å²) in [6.07, 6.45) is 0. The first-order valence-electron chi connectivity index (χ1n) is 9.71. The van der Waals surface area contributed by atoms with E-state index in [1.807, 2.05) is 43.3 Å². The smallest absolute Gasteiger partial charge is 0.267 e. The number of anilines is 2. The molecule has 0 bridgehead atoms. The van der Waals surface area contributed by atoms with Gasteiger partial charge in [0, 0.05) is 37.6 Å². The van der Waals surface area contributed by atoms with Crippen molar-refractivity contribution in [3.63, 3.8) is 0 Å². The van der Waals surface area contributed by atoms with Gasteiger partial charge in [0.05, 0.1) is 0 Å². The zero-order valence-corrected chi connectivity index (χ0v) is 18.2. The van der Waals surface area contributed by atoms with Crippen molar-refractivity contribution in [1.29, 1.82) is 0 Å². The predicted octanol–water partition coefficient (Wildman–Crippen LogP) is 3.82. The van der Waals surface area contributed by atoms with Crippen LogP contribution in [-0.2, 0) is 10.0 Å². The number of nitrogens with one attached hydrogen (secondary N) is 1. The average molecular weight is 442 g/mol. The molecule has 0 atom stereocenters. The van der Waals surface area contributed by atoms with Crippen molar-refractivity contribution in [3.8, 4) is 0 Å². The minimum Gasteiger partial charge on any atom is -0.369 e. The summed E-state index contributed by atoms with van der Waals surface area (Å²) in [6.45, 7) is 4.03. The van der Waals surface area contributed by atoms with Gasteiger partial charge in [-0.3, -0.25) is 4.79 Å². The van der Waals surface area contributed by atoms with Crippen LogP contribution in [0.3, 0.4) is 0 Å². The standard InChI is InChI=1S/C22H23N3O3S2/c1-17-6-5-9-19(16-17)24-11-13-25(14-12-24)30(27,28)20-10-15-29-21(20)22(26)23-18-7-3-2-4-8-18/h2-10,15-16H,11-14H2,1H3,(H,23,26). The van der Waals surface area contributed by atoms with E-state index in [0.29, 0.717) is 31.9 Å². The van der Waals surface area contributed by atoms with Crippen LogP contribution in [0.15, 0.2) is 70.9 Å². The molecule has 0 radical (unpaired) electrons. The molecule has 0 unspecified atom stereocenters. The van der Waals surface area contributed by atoms with E-state index in [0.717, 1.165) is 17.0 Å². The molecular weight excluding hydrogens is 418 g/mol. The minimum atomic E-state index is -3.74. The van der Waals surface area contributed by atoms with Crippen molar-refractivity contribution in [3.05, 3.63) is 76.5 Å². The first kappa shape index (κ1) is 20.6. The van der Waals surface area contributed by atoms with E-state index in [1.54, 1.807) is 17.5 Å². The first-order chi connectivity index (χ1) is 14.4. The maximum Gasteiger partial charge on any atom is 0.267 e. The number of piperazine rings is 1. The summed E-state index contributed by atoms with van der Waals surface area (Å²) < 4.78 is 28.0. The number of aryl methyl sites for hydroxylation is 1. The molecule has 1 aliphatic rings. The highest BCUT2D eigenvalue weighted by atomic mass is 32.2. The Labute approximate surface area is 180 Å². The van der Waals surface area contributed by atoms with Gasteiger partial charge in [0.15, 0.2) is 0 Å². The number of hydrogen-bond acceptors (Lipinski definition) is 5. The largest absolute Gasteiger partial charge is 0.369 e. The maximum absolute atomic E-state index is 13.3. The molecule has 1 aliphatic heterocycles. The summed E-state index contributed by atoms with van der Waals surface area (Å²) in [5.41, 5.74) is 2.91. The minimum absolute atomic E-state index is 0.0740.